The molecular weight excluding hydrogens is 348 g/mol. The van der Waals surface area contributed by atoms with Crippen molar-refractivity contribution in [2.24, 2.45) is 0 Å². The number of ether oxygens (including phenoxy) is 1. The van der Waals surface area contributed by atoms with E-state index in [0.717, 1.165) is 39.1 Å². The average molecular weight is 375 g/mol. The quantitative estimate of drug-likeness (QED) is 0.722. The van der Waals surface area contributed by atoms with Crippen molar-refractivity contribution in [3.8, 4) is 0 Å². The summed E-state index contributed by atoms with van der Waals surface area (Å²) >= 11 is 0. The van der Waals surface area contributed by atoms with Crippen LogP contribution in [0.15, 0.2) is 65.6 Å². The zero-order chi connectivity index (χ0) is 18.2. The summed E-state index contributed by atoms with van der Waals surface area (Å²) in [5.41, 5.74) is 1.22. The van der Waals surface area contributed by atoms with E-state index < -0.39 is 10.0 Å². The van der Waals surface area contributed by atoms with Crippen LogP contribution in [0.5, 0.6) is 0 Å². The molecule has 0 aromatic heterocycles. The van der Waals surface area contributed by atoms with Gasteiger partial charge in [0.2, 0.25) is 10.0 Å². The minimum atomic E-state index is -3.39. The summed E-state index contributed by atoms with van der Waals surface area (Å²) in [6, 6.07) is 18.8. The van der Waals surface area contributed by atoms with Gasteiger partial charge in [0.1, 0.15) is 0 Å². The van der Waals surface area contributed by atoms with Crippen LogP contribution in [0.25, 0.3) is 0 Å². The van der Waals surface area contributed by atoms with Crippen LogP contribution >= 0.6 is 0 Å². The number of hydrogen-bond acceptors (Lipinski definition) is 4. The van der Waals surface area contributed by atoms with E-state index in [9.17, 15) is 8.42 Å². The number of benzene rings is 2. The molecule has 5 nitrogen and oxygen atoms in total. The van der Waals surface area contributed by atoms with Crippen LogP contribution in [-0.4, -0.2) is 46.1 Å². The molecule has 1 saturated heterocycles. The van der Waals surface area contributed by atoms with Crippen LogP contribution in [0.3, 0.4) is 0 Å². The minimum absolute atomic E-state index is 0.126. The van der Waals surface area contributed by atoms with Crippen molar-refractivity contribution >= 4 is 10.0 Å². The smallest absolute Gasteiger partial charge is 0.240 e. The number of nitrogens with zero attached hydrogens (tertiary/aromatic N) is 1. The van der Waals surface area contributed by atoms with Crippen molar-refractivity contribution < 1.29 is 13.2 Å². The van der Waals surface area contributed by atoms with Crippen LogP contribution in [0, 0.1) is 0 Å². The lowest BCUT2D eigenvalue weighted by molar-refractivity contribution is -0.0303. The van der Waals surface area contributed by atoms with E-state index in [-0.39, 0.29) is 6.10 Å². The topological polar surface area (TPSA) is 58.6 Å². The summed E-state index contributed by atoms with van der Waals surface area (Å²) in [4.78, 5) is 2.71. The van der Waals surface area contributed by atoms with Crippen molar-refractivity contribution in [1.82, 2.24) is 9.62 Å². The molecule has 0 radical (unpaired) electrons. The van der Waals surface area contributed by atoms with Gasteiger partial charge in [-0.1, -0.05) is 48.5 Å². The highest BCUT2D eigenvalue weighted by Gasteiger charge is 2.21. The Hall–Kier alpha value is -1.73. The Kier molecular flexibility index (Phi) is 6.80. The van der Waals surface area contributed by atoms with Crippen molar-refractivity contribution in [3.63, 3.8) is 0 Å². The molecule has 6 heteroatoms. The Labute approximate surface area is 156 Å². The van der Waals surface area contributed by atoms with Crippen LogP contribution in [-0.2, 0) is 14.8 Å². The van der Waals surface area contributed by atoms with Crippen molar-refractivity contribution in [3.05, 3.63) is 66.2 Å². The molecule has 0 saturated carbocycles. The van der Waals surface area contributed by atoms with Gasteiger partial charge in [0.15, 0.2) is 0 Å². The molecule has 26 heavy (non-hydrogen) atoms. The molecule has 0 spiro atoms. The van der Waals surface area contributed by atoms with Crippen LogP contribution in [0.1, 0.15) is 24.5 Å². The fraction of sp³-hybridized carbons (Fsp3) is 0.400. The van der Waals surface area contributed by atoms with Crippen molar-refractivity contribution in [2.45, 2.75) is 23.8 Å². The van der Waals surface area contributed by atoms with E-state index in [1.54, 1.807) is 24.3 Å². The highest BCUT2D eigenvalue weighted by molar-refractivity contribution is 7.89. The largest absolute Gasteiger partial charge is 0.371 e. The molecule has 1 heterocycles. The molecule has 0 unspecified atom stereocenters. The zero-order valence-corrected chi connectivity index (χ0v) is 15.7. The van der Waals surface area contributed by atoms with E-state index in [0.29, 0.717) is 11.4 Å². The van der Waals surface area contributed by atoms with Crippen LogP contribution in [0.2, 0.25) is 0 Å². The summed E-state index contributed by atoms with van der Waals surface area (Å²) in [6.45, 7) is 3.97. The van der Waals surface area contributed by atoms with Gasteiger partial charge < -0.3 is 4.74 Å². The number of hydrogen-bond donors (Lipinski definition) is 1. The summed E-state index contributed by atoms with van der Waals surface area (Å²) in [5.74, 6) is 0. The molecule has 2 aromatic carbocycles. The van der Waals surface area contributed by atoms with Crippen molar-refractivity contribution in [2.75, 3.05) is 32.8 Å². The average Bonchev–Trinajstić information content (AvgIpc) is 2.69. The summed E-state index contributed by atoms with van der Waals surface area (Å²) in [5, 5.41) is 0. The first-order valence-corrected chi connectivity index (χ1v) is 10.6. The van der Waals surface area contributed by atoms with E-state index in [1.165, 1.54) is 5.56 Å². The second-order valence-corrected chi connectivity index (χ2v) is 8.26. The van der Waals surface area contributed by atoms with Gasteiger partial charge in [0.05, 0.1) is 17.6 Å². The molecule has 3 rings (SSSR count). The Morgan fingerprint density at radius 3 is 2.42 bits per heavy atom. The monoisotopic (exact) mass is 374 g/mol. The molecule has 0 bridgehead atoms. The lowest BCUT2D eigenvalue weighted by Crippen LogP contribution is -2.39. The van der Waals surface area contributed by atoms with Gasteiger partial charge in [-0.25, -0.2) is 13.1 Å². The molecule has 1 atom stereocenters. The highest BCUT2D eigenvalue weighted by atomic mass is 32.2. The van der Waals surface area contributed by atoms with Gasteiger partial charge in [0.25, 0.3) is 0 Å². The molecule has 1 aliphatic rings. The molecular formula is C20H26N2O3S. The fourth-order valence-corrected chi connectivity index (χ4v) is 4.22. The Bertz CT molecular complexity index is 766. The first-order valence-electron chi connectivity index (χ1n) is 9.09. The van der Waals surface area contributed by atoms with Gasteiger partial charge >= 0.3 is 0 Å². The van der Waals surface area contributed by atoms with Gasteiger partial charge in [-0.05, 0) is 37.1 Å². The minimum Gasteiger partial charge on any atom is -0.371 e. The SMILES string of the molecule is O=S(=O)(NCCCCN1CCO[C@H](c2ccccc2)C1)c1ccccc1. The molecule has 1 aliphatic heterocycles. The molecule has 140 valence electrons. The third-order valence-electron chi connectivity index (χ3n) is 4.57. The van der Waals surface area contributed by atoms with Crippen LogP contribution in [0.4, 0.5) is 0 Å². The Morgan fingerprint density at radius 2 is 1.69 bits per heavy atom. The van der Waals surface area contributed by atoms with Gasteiger partial charge in [-0.2, -0.15) is 0 Å². The maximum absolute atomic E-state index is 12.2. The summed E-state index contributed by atoms with van der Waals surface area (Å²) < 4.78 is 32.9. The van der Waals surface area contributed by atoms with Crippen molar-refractivity contribution in [1.29, 1.82) is 0 Å². The summed E-state index contributed by atoms with van der Waals surface area (Å²) in [6.07, 6.45) is 1.90. The number of morpholine rings is 1. The van der Waals surface area contributed by atoms with Gasteiger partial charge in [0, 0.05) is 19.6 Å². The van der Waals surface area contributed by atoms with E-state index in [1.807, 2.05) is 24.3 Å². The Morgan fingerprint density at radius 1 is 1.00 bits per heavy atom. The zero-order valence-electron chi connectivity index (χ0n) is 14.9. The number of unbranched alkanes of at least 4 members (excludes halogenated alkanes) is 1. The maximum atomic E-state index is 12.2. The molecule has 1 N–H and O–H groups in total. The predicted octanol–water partition coefficient (Wildman–Crippen LogP) is 2.82. The van der Waals surface area contributed by atoms with Crippen LogP contribution < -0.4 is 4.72 Å². The maximum Gasteiger partial charge on any atom is 0.240 e. The molecule has 0 aliphatic carbocycles. The number of sulfonamides is 1. The van der Waals surface area contributed by atoms with E-state index in [4.69, 9.17) is 4.74 Å². The molecule has 2 aromatic rings. The Balaban J connectivity index is 1.38. The predicted molar refractivity (Wildman–Crippen MR) is 102 cm³/mol. The first kappa shape index (κ1) is 19.0. The fourth-order valence-electron chi connectivity index (χ4n) is 3.12. The number of rotatable bonds is 8. The standard InChI is InChI=1S/C20H26N2O3S/c23-26(24,19-11-5-2-6-12-19)21-13-7-8-14-22-15-16-25-20(17-22)18-9-3-1-4-10-18/h1-6,9-12,20-21H,7-8,13-17H2/t20-/m0/s1. The van der Waals surface area contributed by atoms with Gasteiger partial charge in [-0.3, -0.25) is 4.90 Å². The first-order chi connectivity index (χ1) is 12.6. The van der Waals surface area contributed by atoms with Gasteiger partial charge in [-0.15, -0.1) is 0 Å². The molecule has 0 amide bonds. The van der Waals surface area contributed by atoms with E-state index in [2.05, 4.69) is 21.8 Å². The lowest BCUT2D eigenvalue weighted by Gasteiger charge is -2.33. The second-order valence-electron chi connectivity index (χ2n) is 6.49. The summed E-state index contributed by atoms with van der Waals surface area (Å²) in [7, 11) is -3.39. The lowest BCUT2D eigenvalue weighted by atomic mass is 10.1. The van der Waals surface area contributed by atoms with E-state index >= 15 is 0 Å². The number of nitrogens with one attached hydrogen (secondary N) is 1. The highest BCUT2D eigenvalue weighted by Crippen LogP contribution is 2.22. The molecule has 1 fully saturated rings. The second kappa shape index (κ2) is 9.28. The third-order valence-corrected chi connectivity index (χ3v) is 6.05. The third kappa shape index (κ3) is 5.38. The normalized spacial score (nSPS) is 18.7.